The molecule has 4 nitrogen and oxygen atoms in total. The van der Waals surface area contributed by atoms with Gasteiger partial charge in [0.05, 0.1) is 12.2 Å². The van der Waals surface area contributed by atoms with E-state index in [1.54, 1.807) is 0 Å². The highest BCUT2D eigenvalue weighted by atomic mass is 28.3. The Hall–Kier alpha value is -1.88. The summed E-state index contributed by atoms with van der Waals surface area (Å²) in [6, 6.07) is 8.10. The maximum absolute atomic E-state index is 5.91. The molecule has 0 saturated heterocycles. The first-order valence-corrected chi connectivity index (χ1v) is 9.62. The molecule has 0 amide bonds. The van der Waals surface area contributed by atoms with E-state index in [2.05, 4.69) is 42.2 Å². The fourth-order valence-electron chi connectivity index (χ4n) is 1.87. The quantitative estimate of drug-likeness (QED) is 0.625. The van der Waals surface area contributed by atoms with Gasteiger partial charge in [0.2, 0.25) is 9.04 Å². The van der Waals surface area contributed by atoms with Crippen molar-refractivity contribution in [3.05, 3.63) is 41.7 Å². The second-order valence-electron chi connectivity index (χ2n) is 5.13. The van der Waals surface area contributed by atoms with Crippen LogP contribution in [0.3, 0.4) is 0 Å². The summed E-state index contributed by atoms with van der Waals surface area (Å²) in [5.41, 5.74) is 3.10. The fraction of sp³-hybridized carbons (Fsp3) is 0.333. The molecule has 0 aliphatic carbocycles. The minimum atomic E-state index is -1.12. The number of hydrogen-bond acceptors (Lipinski definition) is 3. The van der Waals surface area contributed by atoms with E-state index in [-0.39, 0.29) is 0 Å². The molecule has 2 aromatic rings. The van der Waals surface area contributed by atoms with E-state index in [1.165, 1.54) is 5.56 Å². The average molecular weight is 287 g/mol. The standard InChI is InChI=1S/C15H21N3OSi/c1-12-5-6-15(19-20(3)4)14(11-12)16-8-10-18-9-7-13(2)17-18/h5-9,11,20H,10H2,1-4H3. The van der Waals surface area contributed by atoms with Crippen LogP contribution >= 0.6 is 0 Å². The number of benzene rings is 1. The molecule has 2 rings (SSSR count). The SMILES string of the molecule is Cc1ccc(O[SiH](C)C)c(N=CCn2ccc(C)n2)c1. The van der Waals surface area contributed by atoms with Crippen LogP contribution in [-0.2, 0) is 6.54 Å². The number of nitrogens with zero attached hydrogens (tertiary/aromatic N) is 3. The lowest BCUT2D eigenvalue weighted by atomic mass is 10.2. The molecule has 106 valence electrons. The molecule has 0 aliphatic rings. The maximum atomic E-state index is 5.91. The summed E-state index contributed by atoms with van der Waals surface area (Å²) >= 11 is 0. The van der Waals surface area contributed by atoms with Gasteiger partial charge in [0.25, 0.3) is 0 Å². The summed E-state index contributed by atoms with van der Waals surface area (Å²) in [6.07, 6.45) is 3.83. The predicted octanol–water partition coefficient (Wildman–Crippen LogP) is 3.26. The Labute approximate surface area is 121 Å². The molecule has 1 aromatic carbocycles. The smallest absolute Gasteiger partial charge is 0.229 e. The Bertz CT molecular complexity index is 605. The molecule has 0 spiro atoms. The van der Waals surface area contributed by atoms with E-state index in [9.17, 15) is 0 Å². The monoisotopic (exact) mass is 287 g/mol. The second kappa shape index (κ2) is 6.52. The molecule has 0 atom stereocenters. The van der Waals surface area contributed by atoms with E-state index in [1.807, 2.05) is 36.1 Å². The molecule has 0 radical (unpaired) electrons. The van der Waals surface area contributed by atoms with Crippen LogP contribution < -0.4 is 4.43 Å². The largest absolute Gasteiger partial charge is 0.546 e. The van der Waals surface area contributed by atoms with Crippen LogP contribution in [0, 0.1) is 13.8 Å². The molecular formula is C15H21N3OSi. The maximum Gasteiger partial charge on any atom is 0.229 e. The van der Waals surface area contributed by atoms with Crippen molar-refractivity contribution in [2.45, 2.75) is 33.5 Å². The van der Waals surface area contributed by atoms with Gasteiger partial charge in [-0.05, 0) is 50.7 Å². The van der Waals surface area contributed by atoms with E-state index >= 15 is 0 Å². The molecular weight excluding hydrogens is 266 g/mol. The highest BCUT2D eigenvalue weighted by Crippen LogP contribution is 2.28. The lowest BCUT2D eigenvalue weighted by Gasteiger charge is -2.12. The Morgan fingerprint density at radius 1 is 1.30 bits per heavy atom. The highest BCUT2D eigenvalue weighted by Gasteiger charge is 2.05. The van der Waals surface area contributed by atoms with Crippen molar-refractivity contribution < 1.29 is 4.43 Å². The van der Waals surface area contributed by atoms with E-state index in [4.69, 9.17) is 4.43 Å². The molecule has 0 bridgehead atoms. The van der Waals surface area contributed by atoms with Crippen molar-refractivity contribution in [3.8, 4) is 5.75 Å². The van der Waals surface area contributed by atoms with Gasteiger partial charge in [0.15, 0.2) is 0 Å². The normalized spacial score (nSPS) is 11.4. The number of hydrogen-bond donors (Lipinski definition) is 0. The Morgan fingerprint density at radius 3 is 2.75 bits per heavy atom. The zero-order valence-electron chi connectivity index (χ0n) is 12.5. The van der Waals surface area contributed by atoms with Gasteiger partial charge in [0, 0.05) is 12.4 Å². The van der Waals surface area contributed by atoms with Gasteiger partial charge in [-0.25, -0.2) is 0 Å². The minimum absolute atomic E-state index is 0.667. The summed E-state index contributed by atoms with van der Waals surface area (Å²) < 4.78 is 7.78. The molecule has 1 aromatic heterocycles. The summed E-state index contributed by atoms with van der Waals surface area (Å²) in [6.45, 7) is 9.01. The third-order valence-electron chi connectivity index (χ3n) is 2.75. The highest BCUT2D eigenvalue weighted by molar-refractivity contribution is 6.49. The van der Waals surface area contributed by atoms with Crippen molar-refractivity contribution in [1.82, 2.24) is 9.78 Å². The van der Waals surface area contributed by atoms with Gasteiger partial charge in [-0.1, -0.05) is 6.07 Å². The van der Waals surface area contributed by atoms with Crippen molar-refractivity contribution in [2.24, 2.45) is 4.99 Å². The second-order valence-corrected chi connectivity index (χ2v) is 7.46. The summed E-state index contributed by atoms with van der Waals surface area (Å²) in [4.78, 5) is 4.54. The van der Waals surface area contributed by atoms with Crippen molar-refractivity contribution in [1.29, 1.82) is 0 Å². The van der Waals surface area contributed by atoms with E-state index in [0.29, 0.717) is 6.54 Å². The van der Waals surface area contributed by atoms with Crippen LogP contribution in [0.5, 0.6) is 5.75 Å². The van der Waals surface area contributed by atoms with Gasteiger partial charge in [0.1, 0.15) is 11.4 Å². The lowest BCUT2D eigenvalue weighted by molar-refractivity contribution is 0.582. The summed E-state index contributed by atoms with van der Waals surface area (Å²) in [5.74, 6) is 0.880. The molecule has 0 fully saturated rings. The zero-order valence-corrected chi connectivity index (χ0v) is 13.7. The fourth-order valence-corrected chi connectivity index (χ4v) is 2.58. The Morgan fingerprint density at radius 2 is 2.10 bits per heavy atom. The van der Waals surface area contributed by atoms with Crippen LogP contribution in [0.25, 0.3) is 0 Å². The van der Waals surface area contributed by atoms with E-state index in [0.717, 1.165) is 17.1 Å². The average Bonchev–Trinajstić information content (AvgIpc) is 2.78. The first kappa shape index (κ1) is 14.5. The lowest BCUT2D eigenvalue weighted by Crippen LogP contribution is -2.11. The van der Waals surface area contributed by atoms with Gasteiger partial charge < -0.3 is 4.43 Å². The van der Waals surface area contributed by atoms with Crippen molar-refractivity contribution in [3.63, 3.8) is 0 Å². The molecule has 5 heteroatoms. The van der Waals surface area contributed by atoms with Gasteiger partial charge in [-0.2, -0.15) is 5.10 Å². The van der Waals surface area contributed by atoms with Crippen LogP contribution in [0.2, 0.25) is 13.1 Å². The Balaban J connectivity index is 2.12. The number of aromatic nitrogens is 2. The molecule has 1 heterocycles. The molecule has 0 unspecified atom stereocenters. The van der Waals surface area contributed by atoms with Crippen molar-refractivity contribution >= 4 is 20.9 Å². The molecule has 0 N–H and O–H groups in total. The number of aliphatic imine (C=N–C) groups is 1. The third-order valence-corrected chi connectivity index (χ3v) is 3.48. The van der Waals surface area contributed by atoms with Crippen LogP contribution in [-0.4, -0.2) is 25.0 Å². The molecule has 0 aliphatic heterocycles. The summed E-state index contributed by atoms with van der Waals surface area (Å²) in [5, 5.41) is 4.33. The molecule has 20 heavy (non-hydrogen) atoms. The molecule has 0 saturated carbocycles. The van der Waals surface area contributed by atoms with Gasteiger partial charge >= 0.3 is 0 Å². The first-order valence-electron chi connectivity index (χ1n) is 6.84. The Kier molecular flexibility index (Phi) is 4.73. The number of rotatable bonds is 5. The zero-order chi connectivity index (χ0) is 14.5. The third kappa shape index (κ3) is 4.06. The topological polar surface area (TPSA) is 39.4 Å². The van der Waals surface area contributed by atoms with Crippen LogP contribution in [0.4, 0.5) is 5.69 Å². The number of aryl methyl sites for hydroxylation is 2. The van der Waals surface area contributed by atoms with Crippen molar-refractivity contribution in [2.75, 3.05) is 0 Å². The predicted molar refractivity (Wildman–Crippen MR) is 85.8 cm³/mol. The summed E-state index contributed by atoms with van der Waals surface area (Å²) in [7, 11) is -1.12. The van der Waals surface area contributed by atoms with Gasteiger partial charge in [-0.3, -0.25) is 9.67 Å². The first-order chi connectivity index (χ1) is 9.54. The van der Waals surface area contributed by atoms with Gasteiger partial charge in [-0.15, -0.1) is 0 Å². The van der Waals surface area contributed by atoms with Crippen LogP contribution in [0.15, 0.2) is 35.5 Å². The van der Waals surface area contributed by atoms with Crippen LogP contribution in [0.1, 0.15) is 11.3 Å². The minimum Gasteiger partial charge on any atom is -0.546 e. The van der Waals surface area contributed by atoms with E-state index < -0.39 is 9.04 Å².